The van der Waals surface area contributed by atoms with Gasteiger partial charge in [0, 0.05) is 37.6 Å². The zero-order chi connectivity index (χ0) is 19.0. The van der Waals surface area contributed by atoms with E-state index in [2.05, 4.69) is 0 Å². The molecule has 1 amide bonds. The SMILES string of the molecule is CN1CCOC[C@H]1C(=O)N1CCc2cc(=O)n(-c3ccc(F)cc3)cc2C1. The first-order valence-corrected chi connectivity index (χ1v) is 9.10. The number of aromatic nitrogens is 1. The molecule has 7 heteroatoms. The molecular formula is C20H22FN3O3. The minimum Gasteiger partial charge on any atom is -0.378 e. The molecule has 3 heterocycles. The van der Waals surface area contributed by atoms with E-state index in [0.717, 1.165) is 17.7 Å². The van der Waals surface area contributed by atoms with Crippen molar-refractivity contribution >= 4 is 5.91 Å². The highest BCUT2D eigenvalue weighted by atomic mass is 19.1. The molecule has 0 bridgehead atoms. The predicted molar refractivity (Wildman–Crippen MR) is 98.4 cm³/mol. The normalized spacial score (nSPS) is 20.4. The molecule has 0 radical (unpaired) electrons. The third-order valence-electron chi connectivity index (χ3n) is 5.34. The van der Waals surface area contributed by atoms with Gasteiger partial charge in [-0.25, -0.2) is 4.39 Å². The van der Waals surface area contributed by atoms with Crippen molar-refractivity contribution in [2.24, 2.45) is 0 Å². The van der Waals surface area contributed by atoms with Crippen LogP contribution in [0.5, 0.6) is 0 Å². The summed E-state index contributed by atoms with van der Waals surface area (Å²) in [5.41, 5.74) is 2.36. The Morgan fingerprint density at radius 2 is 1.96 bits per heavy atom. The summed E-state index contributed by atoms with van der Waals surface area (Å²) in [4.78, 5) is 29.2. The Labute approximate surface area is 156 Å². The van der Waals surface area contributed by atoms with Crippen LogP contribution in [0.15, 0.2) is 41.3 Å². The van der Waals surface area contributed by atoms with Crippen LogP contribution in [0.1, 0.15) is 11.1 Å². The molecular weight excluding hydrogens is 349 g/mol. The molecule has 2 aromatic rings. The number of halogens is 1. The molecule has 0 saturated carbocycles. The van der Waals surface area contributed by atoms with Crippen molar-refractivity contribution in [3.8, 4) is 5.69 Å². The van der Waals surface area contributed by atoms with Crippen molar-refractivity contribution in [3.05, 3.63) is 63.8 Å². The largest absolute Gasteiger partial charge is 0.378 e. The Hall–Kier alpha value is -2.51. The maximum Gasteiger partial charge on any atom is 0.255 e. The number of ether oxygens (including phenoxy) is 1. The van der Waals surface area contributed by atoms with Gasteiger partial charge in [0.2, 0.25) is 5.91 Å². The second kappa shape index (κ2) is 7.25. The summed E-state index contributed by atoms with van der Waals surface area (Å²) in [6.45, 7) is 2.85. The van der Waals surface area contributed by atoms with Crippen molar-refractivity contribution in [2.75, 3.05) is 33.4 Å². The van der Waals surface area contributed by atoms with Gasteiger partial charge in [-0.3, -0.25) is 19.1 Å². The standard InChI is InChI=1S/C20H22FN3O3/c1-22-8-9-27-13-18(22)20(26)23-7-6-14-10-19(25)24(12-15(14)11-23)17-4-2-16(21)3-5-17/h2-5,10,12,18H,6-9,11,13H2,1H3/t18-/m0/s1. The monoisotopic (exact) mass is 371 g/mol. The van der Waals surface area contributed by atoms with E-state index in [9.17, 15) is 14.0 Å². The quantitative estimate of drug-likeness (QED) is 0.796. The number of fused-ring (bicyclic) bond motifs is 1. The van der Waals surface area contributed by atoms with E-state index in [4.69, 9.17) is 4.74 Å². The van der Waals surface area contributed by atoms with Gasteiger partial charge in [0.25, 0.3) is 5.56 Å². The summed E-state index contributed by atoms with van der Waals surface area (Å²) in [5.74, 6) is -0.289. The first-order chi connectivity index (χ1) is 13.0. The van der Waals surface area contributed by atoms with Crippen molar-refractivity contribution in [3.63, 3.8) is 0 Å². The topological polar surface area (TPSA) is 54.8 Å². The number of carbonyl (C=O) groups is 1. The van der Waals surface area contributed by atoms with Crippen molar-refractivity contribution < 1.29 is 13.9 Å². The minimum absolute atomic E-state index is 0.0578. The number of nitrogens with zero attached hydrogens (tertiary/aromatic N) is 3. The Balaban J connectivity index is 1.60. The molecule has 0 spiro atoms. The van der Waals surface area contributed by atoms with E-state index >= 15 is 0 Å². The summed E-state index contributed by atoms with van der Waals surface area (Å²) in [6, 6.07) is 7.16. The Morgan fingerprint density at radius 1 is 1.19 bits per heavy atom. The number of rotatable bonds is 2. The third kappa shape index (κ3) is 3.52. The molecule has 0 unspecified atom stereocenters. The van der Waals surface area contributed by atoms with E-state index < -0.39 is 0 Å². The number of pyridine rings is 1. The Bertz CT molecular complexity index is 910. The fraction of sp³-hybridized carbons (Fsp3) is 0.400. The average molecular weight is 371 g/mol. The van der Waals surface area contributed by atoms with E-state index in [-0.39, 0.29) is 23.3 Å². The van der Waals surface area contributed by atoms with Crippen LogP contribution in [0.3, 0.4) is 0 Å². The van der Waals surface area contributed by atoms with Gasteiger partial charge in [0.1, 0.15) is 11.9 Å². The smallest absolute Gasteiger partial charge is 0.255 e. The van der Waals surface area contributed by atoms with Crippen LogP contribution in [0.4, 0.5) is 4.39 Å². The van der Waals surface area contributed by atoms with Gasteiger partial charge >= 0.3 is 0 Å². The van der Waals surface area contributed by atoms with Crippen molar-refractivity contribution in [2.45, 2.75) is 19.0 Å². The summed E-state index contributed by atoms with van der Waals surface area (Å²) in [5, 5.41) is 0. The molecule has 0 N–H and O–H groups in total. The highest BCUT2D eigenvalue weighted by Gasteiger charge is 2.32. The van der Waals surface area contributed by atoms with Gasteiger partial charge < -0.3 is 9.64 Å². The van der Waals surface area contributed by atoms with E-state index in [1.807, 2.05) is 16.8 Å². The predicted octanol–water partition coefficient (Wildman–Crippen LogP) is 1.19. The zero-order valence-electron chi connectivity index (χ0n) is 15.2. The fourth-order valence-electron chi connectivity index (χ4n) is 3.68. The van der Waals surface area contributed by atoms with Gasteiger partial charge in [0.15, 0.2) is 0 Å². The summed E-state index contributed by atoms with van der Waals surface area (Å²) in [6.07, 6.45) is 2.42. The van der Waals surface area contributed by atoms with Crippen LogP contribution >= 0.6 is 0 Å². The van der Waals surface area contributed by atoms with Crippen LogP contribution in [0, 0.1) is 5.82 Å². The number of hydrogen-bond acceptors (Lipinski definition) is 4. The van der Waals surface area contributed by atoms with Gasteiger partial charge in [0.05, 0.1) is 13.2 Å². The lowest BCUT2D eigenvalue weighted by Gasteiger charge is -2.37. The highest BCUT2D eigenvalue weighted by molar-refractivity contribution is 5.82. The Morgan fingerprint density at radius 3 is 2.70 bits per heavy atom. The van der Waals surface area contributed by atoms with E-state index in [0.29, 0.717) is 38.4 Å². The molecule has 2 aliphatic rings. The molecule has 1 atom stereocenters. The average Bonchev–Trinajstić information content (AvgIpc) is 2.68. The molecule has 1 aromatic carbocycles. The number of amides is 1. The van der Waals surface area contributed by atoms with Gasteiger partial charge in [-0.15, -0.1) is 0 Å². The number of carbonyl (C=O) groups excluding carboxylic acids is 1. The second-order valence-electron chi connectivity index (χ2n) is 7.09. The molecule has 142 valence electrons. The zero-order valence-corrected chi connectivity index (χ0v) is 15.2. The van der Waals surface area contributed by atoms with Gasteiger partial charge in [-0.1, -0.05) is 0 Å². The maximum atomic E-state index is 13.2. The first-order valence-electron chi connectivity index (χ1n) is 9.10. The lowest BCUT2D eigenvalue weighted by molar-refractivity contribution is -0.143. The van der Waals surface area contributed by atoms with Crippen molar-refractivity contribution in [1.82, 2.24) is 14.4 Å². The summed E-state index contributed by atoms with van der Waals surface area (Å²) in [7, 11) is 1.94. The fourth-order valence-corrected chi connectivity index (χ4v) is 3.68. The van der Waals surface area contributed by atoms with Gasteiger partial charge in [-0.05, 0) is 48.9 Å². The summed E-state index contributed by atoms with van der Waals surface area (Å²) >= 11 is 0. The van der Waals surface area contributed by atoms with E-state index in [1.165, 1.54) is 16.7 Å². The molecule has 1 saturated heterocycles. The van der Waals surface area contributed by atoms with Gasteiger partial charge in [-0.2, -0.15) is 0 Å². The molecule has 1 aromatic heterocycles. The molecule has 4 rings (SSSR count). The Kier molecular flexibility index (Phi) is 4.80. The maximum absolute atomic E-state index is 13.2. The lowest BCUT2D eigenvalue weighted by Crippen LogP contribution is -2.54. The molecule has 0 aliphatic carbocycles. The number of morpholine rings is 1. The highest BCUT2D eigenvalue weighted by Crippen LogP contribution is 2.21. The first kappa shape index (κ1) is 17.9. The van der Waals surface area contributed by atoms with Crippen molar-refractivity contribution in [1.29, 1.82) is 0 Å². The van der Waals surface area contributed by atoms with Crippen LogP contribution in [0.25, 0.3) is 5.69 Å². The molecule has 27 heavy (non-hydrogen) atoms. The molecule has 6 nitrogen and oxygen atoms in total. The minimum atomic E-state index is -0.347. The lowest BCUT2D eigenvalue weighted by atomic mass is 10.0. The van der Waals surface area contributed by atoms with Crippen LogP contribution in [-0.4, -0.2) is 59.7 Å². The van der Waals surface area contributed by atoms with E-state index in [1.54, 1.807) is 24.4 Å². The van der Waals surface area contributed by atoms with Crippen LogP contribution in [-0.2, 0) is 22.5 Å². The molecule has 2 aliphatic heterocycles. The number of hydrogen-bond donors (Lipinski definition) is 0. The molecule has 1 fully saturated rings. The van der Waals surface area contributed by atoms with Crippen LogP contribution < -0.4 is 5.56 Å². The second-order valence-corrected chi connectivity index (χ2v) is 7.09. The number of likely N-dealkylation sites (N-methyl/N-ethyl adjacent to an activating group) is 1. The van der Waals surface area contributed by atoms with Crippen LogP contribution in [0.2, 0.25) is 0 Å². The number of benzene rings is 1. The summed E-state index contributed by atoms with van der Waals surface area (Å²) < 4.78 is 20.2. The third-order valence-corrected chi connectivity index (χ3v) is 5.34.